The van der Waals surface area contributed by atoms with Gasteiger partial charge in [0.2, 0.25) is 0 Å². The van der Waals surface area contributed by atoms with Gasteiger partial charge in [0.25, 0.3) is 0 Å². The van der Waals surface area contributed by atoms with E-state index in [1.54, 1.807) is 0 Å². The van der Waals surface area contributed by atoms with Crippen molar-refractivity contribution in [2.45, 2.75) is 0 Å². The lowest BCUT2D eigenvalue weighted by Gasteiger charge is -2.12. The van der Waals surface area contributed by atoms with Crippen molar-refractivity contribution in [3.63, 3.8) is 0 Å². The van der Waals surface area contributed by atoms with Crippen molar-refractivity contribution in [3.05, 3.63) is 214 Å². The van der Waals surface area contributed by atoms with E-state index in [9.17, 15) is 4.79 Å². The third kappa shape index (κ3) is 5.18. The Morgan fingerprint density at radius 2 is 0.600 bits per heavy atom. The van der Waals surface area contributed by atoms with Crippen LogP contribution in [0.3, 0.4) is 0 Å². The molecule has 5 heterocycles. The summed E-state index contributed by atoms with van der Waals surface area (Å²) in [4.78, 5) is 32.7. The quantitative estimate of drug-likeness (QED) is 0.200. The predicted octanol–water partition coefficient (Wildman–Crippen LogP) is 9.50. The Morgan fingerprint density at radius 1 is 0.320 bits per heavy atom. The molecule has 0 amide bonds. The van der Waals surface area contributed by atoms with Gasteiger partial charge in [-0.15, -0.1) is 0 Å². The van der Waals surface area contributed by atoms with Crippen LogP contribution in [0.15, 0.2) is 207 Å². The molecule has 0 radical (unpaired) electrons. The smallest absolute Gasteiger partial charge is 0.150 e. The molecule has 4 aromatic rings. The Morgan fingerprint density at radius 3 is 0.880 bits per heavy atom. The van der Waals surface area contributed by atoms with Crippen LogP contribution in [0.5, 0.6) is 0 Å². The molecule has 5 aliphatic rings. The maximum absolute atomic E-state index is 11.6. The number of benzene rings is 4. The zero-order valence-electron chi connectivity index (χ0n) is 26.9. The lowest BCUT2D eigenvalue weighted by molar-refractivity contribution is 0.112. The molecule has 0 aromatic heterocycles. The monoisotopic (exact) mass is 640 g/mol. The average molecular weight is 641 g/mol. The van der Waals surface area contributed by atoms with Crippen molar-refractivity contribution in [2.24, 2.45) is 20.0 Å². The van der Waals surface area contributed by atoms with Crippen molar-refractivity contribution in [1.29, 1.82) is 0 Å². The van der Waals surface area contributed by atoms with Gasteiger partial charge in [-0.2, -0.15) is 0 Å². The molecule has 4 aromatic carbocycles. The van der Waals surface area contributed by atoms with E-state index in [2.05, 4.69) is 72.9 Å². The molecule has 9 rings (SSSR count). The van der Waals surface area contributed by atoms with Gasteiger partial charge in [-0.3, -0.25) is 4.79 Å². The van der Waals surface area contributed by atoms with E-state index in [-0.39, 0.29) is 0 Å². The first-order valence-electron chi connectivity index (χ1n) is 16.5. The van der Waals surface area contributed by atoms with Crippen LogP contribution in [-0.2, 0) is 0 Å². The van der Waals surface area contributed by atoms with Gasteiger partial charge in [0.05, 0.1) is 45.6 Å². The molecule has 0 N–H and O–H groups in total. The van der Waals surface area contributed by atoms with Crippen LogP contribution in [-0.4, -0.2) is 29.1 Å². The Balaban J connectivity index is 1.37. The number of nitrogens with zero attached hydrogens (tertiary/aromatic N) is 4. The number of carbonyl (C=O) groups is 1. The third-order valence-corrected chi connectivity index (χ3v) is 9.13. The molecule has 0 saturated heterocycles. The zero-order valence-corrected chi connectivity index (χ0v) is 26.9. The Bertz CT molecular complexity index is 2440. The molecular formula is C45H28N4O. The molecule has 0 spiro atoms. The van der Waals surface area contributed by atoms with Gasteiger partial charge in [-0.05, 0) is 70.9 Å². The van der Waals surface area contributed by atoms with Gasteiger partial charge in [-0.1, -0.05) is 115 Å². The Labute approximate surface area is 289 Å². The van der Waals surface area contributed by atoms with Gasteiger partial charge < -0.3 is 0 Å². The summed E-state index contributed by atoms with van der Waals surface area (Å²) in [7, 11) is 0. The van der Waals surface area contributed by atoms with E-state index < -0.39 is 0 Å². The third-order valence-electron chi connectivity index (χ3n) is 9.13. The number of allylic oxidation sites excluding steroid dienone is 12. The molecule has 5 aliphatic heterocycles. The second kappa shape index (κ2) is 12.3. The van der Waals surface area contributed by atoms with Crippen LogP contribution in [0.2, 0.25) is 0 Å². The predicted molar refractivity (Wildman–Crippen MR) is 205 cm³/mol. The fourth-order valence-electron chi connectivity index (χ4n) is 6.81. The summed E-state index contributed by atoms with van der Waals surface area (Å²) in [6, 6.07) is 38.5. The number of aliphatic imine (C=N–C) groups is 4. The summed E-state index contributed by atoms with van der Waals surface area (Å²) in [5, 5.41) is 0. The SMILES string of the molecule is O=Cc1ccc(C2=C3C=CC(=N3)C(c3ccccc3)=C3C=CC(=N3)C(c3ccccc3)=C3C=CC(=N3)C(c3ccccc3)=C3C=CC2=N3)cc1. The number of hydrogen-bond donors (Lipinski definition) is 0. The molecule has 5 nitrogen and oxygen atoms in total. The maximum atomic E-state index is 11.6. The highest BCUT2D eigenvalue weighted by Gasteiger charge is 2.27. The first kappa shape index (κ1) is 29.3. The van der Waals surface area contributed by atoms with Gasteiger partial charge in [0.15, 0.2) is 0 Å². The molecule has 0 atom stereocenters. The molecule has 8 bridgehead atoms. The highest BCUT2D eigenvalue weighted by Crippen LogP contribution is 2.38. The van der Waals surface area contributed by atoms with Gasteiger partial charge in [-0.25, -0.2) is 20.0 Å². The minimum atomic E-state index is 0.608. The van der Waals surface area contributed by atoms with E-state index >= 15 is 0 Å². The van der Waals surface area contributed by atoms with E-state index in [0.717, 1.165) is 96.5 Å². The molecule has 50 heavy (non-hydrogen) atoms. The highest BCUT2D eigenvalue weighted by atomic mass is 16.1. The van der Waals surface area contributed by atoms with Crippen LogP contribution >= 0.6 is 0 Å². The second-order valence-electron chi connectivity index (χ2n) is 12.2. The summed E-state index contributed by atoms with van der Waals surface area (Å²) in [5.41, 5.74) is 14.8. The summed E-state index contributed by atoms with van der Waals surface area (Å²) < 4.78 is 0. The van der Waals surface area contributed by atoms with E-state index in [1.807, 2.05) is 91.0 Å². The topological polar surface area (TPSA) is 66.5 Å². The Kier molecular flexibility index (Phi) is 7.21. The molecule has 234 valence electrons. The van der Waals surface area contributed by atoms with E-state index in [0.29, 0.717) is 5.56 Å². The van der Waals surface area contributed by atoms with Crippen molar-refractivity contribution >= 4 is 51.4 Å². The molecule has 0 fully saturated rings. The number of aldehydes is 1. The Hall–Kier alpha value is -6.85. The summed E-state index contributed by atoms with van der Waals surface area (Å²) in [6.07, 6.45) is 17.4. The molecule has 0 saturated carbocycles. The van der Waals surface area contributed by atoms with Crippen molar-refractivity contribution < 1.29 is 4.79 Å². The number of rotatable bonds is 5. The zero-order chi connectivity index (χ0) is 33.4. The molecule has 5 heteroatoms. The van der Waals surface area contributed by atoms with Gasteiger partial charge in [0, 0.05) is 27.9 Å². The minimum Gasteiger partial charge on any atom is -0.298 e. The second-order valence-corrected chi connectivity index (χ2v) is 12.2. The standard InChI is InChI=1S/C45H28N4O/c50-28-29-16-18-33(19-17-29)45-40-26-24-38(48-40)43(31-12-6-2-7-13-31)36-22-20-34(46-36)42(30-10-4-1-5-11-30)35-21-23-37(47-35)44(32-14-8-3-9-15-32)39-25-27-41(45)49-39/h1-28H. The highest BCUT2D eigenvalue weighted by molar-refractivity contribution is 6.39. The summed E-state index contributed by atoms with van der Waals surface area (Å²) >= 11 is 0. The van der Waals surface area contributed by atoms with Crippen LogP contribution in [0, 0.1) is 0 Å². The van der Waals surface area contributed by atoms with E-state index in [1.165, 1.54) is 0 Å². The van der Waals surface area contributed by atoms with Crippen LogP contribution in [0.25, 0.3) is 22.3 Å². The first-order chi connectivity index (χ1) is 24.7. The van der Waals surface area contributed by atoms with E-state index in [4.69, 9.17) is 20.0 Å². The molecular weight excluding hydrogens is 613 g/mol. The largest absolute Gasteiger partial charge is 0.298 e. The first-order valence-corrected chi connectivity index (χ1v) is 16.5. The van der Waals surface area contributed by atoms with Gasteiger partial charge in [0.1, 0.15) is 6.29 Å². The lowest BCUT2D eigenvalue weighted by atomic mass is 9.98. The van der Waals surface area contributed by atoms with Crippen LogP contribution in [0.4, 0.5) is 0 Å². The van der Waals surface area contributed by atoms with Gasteiger partial charge >= 0.3 is 0 Å². The van der Waals surface area contributed by atoms with Crippen molar-refractivity contribution in [1.82, 2.24) is 0 Å². The van der Waals surface area contributed by atoms with Crippen molar-refractivity contribution in [3.8, 4) is 0 Å². The normalized spacial score (nSPS) is 17.5. The summed E-state index contributed by atoms with van der Waals surface area (Å²) in [5.74, 6) is 0. The lowest BCUT2D eigenvalue weighted by Crippen LogP contribution is -2.03. The summed E-state index contributed by atoms with van der Waals surface area (Å²) in [6.45, 7) is 0. The number of fused-ring (bicyclic) bond motifs is 4. The number of carbonyl (C=O) groups excluding carboxylic acids is 1. The molecule has 0 unspecified atom stereocenters. The average Bonchev–Trinajstić information content (AvgIpc) is 4.01. The minimum absolute atomic E-state index is 0.608. The van der Waals surface area contributed by atoms with Crippen LogP contribution < -0.4 is 0 Å². The fourth-order valence-corrected chi connectivity index (χ4v) is 6.81. The fraction of sp³-hybridized carbons (Fsp3) is 0. The maximum Gasteiger partial charge on any atom is 0.150 e. The van der Waals surface area contributed by atoms with Crippen LogP contribution in [0.1, 0.15) is 32.6 Å². The molecule has 0 aliphatic carbocycles. The van der Waals surface area contributed by atoms with Crippen molar-refractivity contribution in [2.75, 3.05) is 0 Å². The number of hydrogen-bond acceptors (Lipinski definition) is 5.